The molecule has 0 N–H and O–H groups in total. The van der Waals surface area contributed by atoms with Crippen molar-refractivity contribution in [3.63, 3.8) is 0 Å². The normalized spacial score (nSPS) is 9.81. The highest BCUT2D eigenvalue weighted by molar-refractivity contribution is 6.17. The fourth-order valence-electron chi connectivity index (χ4n) is 1.53. The van der Waals surface area contributed by atoms with Crippen molar-refractivity contribution in [3.8, 4) is 11.8 Å². The lowest BCUT2D eigenvalue weighted by molar-refractivity contribution is 0.991. The molecule has 2 rings (SSSR count). The van der Waals surface area contributed by atoms with Crippen LogP contribution in [0.25, 0.3) is 10.9 Å². The number of halogens is 1. The number of hydrogen-bond donors (Lipinski definition) is 0. The van der Waals surface area contributed by atoms with Gasteiger partial charge in [0.2, 0.25) is 0 Å². The molecule has 0 atom stereocenters. The van der Waals surface area contributed by atoms with Crippen molar-refractivity contribution in [2.24, 2.45) is 0 Å². The topological polar surface area (TPSA) is 12.9 Å². The molecule has 1 heterocycles. The second kappa shape index (κ2) is 5.53. The Balaban J connectivity index is 2.32. The number of fused-ring (bicyclic) bond motifs is 1. The average molecular weight is 230 g/mol. The van der Waals surface area contributed by atoms with Gasteiger partial charge in [-0.1, -0.05) is 24.0 Å². The second-order valence-corrected chi connectivity index (χ2v) is 3.85. The highest BCUT2D eigenvalue weighted by Crippen LogP contribution is 2.15. The summed E-state index contributed by atoms with van der Waals surface area (Å²) in [6.45, 7) is 0. The minimum Gasteiger partial charge on any atom is -0.256 e. The fourth-order valence-corrected chi connectivity index (χ4v) is 1.66. The van der Waals surface area contributed by atoms with Crippen molar-refractivity contribution in [1.29, 1.82) is 0 Å². The van der Waals surface area contributed by atoms with E-state index in [1.54, 1.807) is 6.20 Å². The summed E-state index contributed by atoms with van der Waals surface area (Å²) in [4.78, 5) is 4.30. The molecule has 0 aliphatic heterocycles. The first kappa shape index (κ1) is 11.0. The van der Waals surface area contributed by atoms with Crippen molar-refractivity contribution in [2.75, 3.05) is 5.88 Å². The van der Waals surface area contributed by atoms with Crippen LogP contribution in [-0.2, 0) is 0 Å². The summed E-state index contributed by atoms with van der Waals surface area (Å²) in [5.41, 5.74) is 2.03. The Morgan fingerprint density at radius 2 is 2.12 bits per heavy atom. The highest BCUT2D eigenvalue weighted by atomic mass is 35.5. The number of benzene rings is 1. The average Bonchev–Trinajstić information content (AvgIpc) is 2.35. The van der Waals surface area contributed by atoms with Gasteiger partial charge in [-0.2, -0.15) is 0 Å². The Bertz CT molecular complexity index is 532. The molecule has 16 heavy (non-hydrogen) atoms. The van der Waals surface area contributed by atoms with E-state index in [1.165, 1.54) is 0 Å². The van der Waals surface area contributed by atoms with E-state index in [9.17, 15) is 0 Å². The first-order chi connectivity index (χ1) is 7.92. The summed E-state index contributed by atoms with van der Waals surface area (Å²) in [6, 6.07) is 10.00. The predicted octanol–water partition coefficient (Wildman–Crippen LogP) is 3.61. The Kier molecular flexibility index (Phi) is 3.80. The van der Waals surface area contributed by atoms with Gasteiger partial charge in [-0.05, 0) is 24.6 Å². The lowest BCUT2D eigenvalue weighted by Crippen LogP contribution is -1.82. The van der Waals surface area contributed by atoms with Gasteiger partial charge in [0, 0.05) is 29.4 Å². The van der Waals surface area contributed by atoms with Crippen molar-refractivity contribution in [3.05, 3.63) is 42.1 Å². The van der Waals surface area contributed by atoms with Crippen LogP contribution in [0.5, 0.6) is 0 Å². The van der Waals surface area contributed by atoms with Gasteiger partial charge in [0.25, 0.3) is 0 Å². The van der Waals surface area contributed by atoms with Crippen LogP contribution in [0.3, 0.4) is 0 Å². The van der Waals surface area contributed by atoms with E-state index in [4.69, 9.17) is 11.6 Å². The van der Waals surface area contributed by atoms with Gasteiger partial charge >= 0.3 is 0 Å². The summed E-state index contributed by atoms with van der Waals surface area (Å²) in [5, 5.41) is 1.11. The zero-order chi connectivity index (χ0) is 11.2. The van der Waals surface area contributed by atoms with Gasteiger partial charge in [-0.3, -0.25) is 4.98 Å². The van der Waals surface area contributed by atoms with Crippen LogP contribution in [-0.4, -0.2) is 10.9 Å². The number of alkyl halides is 1. The number of pyridine rings is 1. The number of nitrogens with zero attached hydrogens (tertiary/aromatic N) is 1. The molecule has 80 valence electrons. The van der Waals surface area contributed by atoms with Crippen LogP contribution in [0, 0.1) is 11.8 Å². The maximum Gasteiger partial charge on any atom is 0.0714 e. The van der Waals surface area contributed by atoms with Crippen molar-refractivity contribution < 1.29 is 0 Å². The first-order valence-electron chi connectivity index (χ1n) is 5.30. The molecule has 0 saturated carbocycles. The maximum absolute atomic E-state index is 5.60. The van der Waals surface area contributed by atoms with Gasteiger partial charge in [-0.15, -0.1) is 11.6 Å². The summed E-state index contributed by atoms with van der Waals surface area (Å²) < 4.78 is 0. The zero-order valence-corrected chi connectivity index (χ0v) is 9.67. The molecule has 0 spiro atoms. The Labute approximate surface area is 100 Å². The van der Waals surface area contributed by atoms with Gasteiger partial charge in [-0.25, -0.2) is 0 Å². The third kappa shape index (κ3) is 2.53. The Morgan fingerprint density at radius 3 is 3.00 bits per heavy atom. The molecule has 0 bridgehead atoms. The van der Waals surface area contributed by atoms with E-state index >= 15 is 0 Å². The van der Waals surface area contributed by atoms with Crippen LogP contribution in [0.2, 0.25) is 0 Å². The monoisotopic (exact) mass is 229 g/mol. The van der Waals surface area contributed by atoms with Gasteiger partial charge < -0.3 is 0 Å². The maximum atomic E-state index is 5.60. The summed E-state index contributed by atoms with van der Waals surface area (Å²) in [7, 11) is 0. The number of hydrogen-bond acceptors (Lipinski definition) is 1. The molecule has 1 aromatic carbocycles. The lowest BCUT2D eigenvalue weighted by Gasteiger charge is -1.98. The molecule has 1 nitrogen and oxygen atoms in total. The fraction of sp³-hybridized carbons (Fsp3) is 0.214. The first-order valence-corrected chi connectivity index (χ1v) is 5.84. The van der Waals surface area contributed by atoms with E-state index in [0.717, 1.165) is 29.3 Å². The van der Waals surface area contributed by atoms with E-state index in [2.05, 4.69) is 16.8 Å². The summed E-state index contributed by atoms with van der Waals surface area (Å²) in [5.74, 6) is 6.98. The Hall–Kier alpha value is -1.52. The van der Waals surface area contributed by atoms with Crippen molar-refractivity contribution in [2.45, 2.75) is 12.8 Å². The smallest absolute Gasteiger partial charge is 0.0714 e. The lowest BCUT2D eigenvalue weighted by atomic mass is 10.1. The minimum absolute atomic E-state index is 0.672. The van der Waals surface area contributed by atoms with Crippen molar-refractivity contribution >= 4 is 22.5 Å². The molecule has 1 aromatic heterocycles. The van der Waals surface area contributed by atoms with Gasteiger partial charge in [0.15, 0.2) is 0 Å². The molecule has 0 unspecified atom stereocenters. The zero-order valence-electron chi connectivity index (χ0n) is 8.91. The molecule has 2 heteroatoms. The van der Waals surface area contributed by atoms with E-state index < -0.39 is 0 Å². The quantitative estimate of drug-likeness (QED) is 0.436. The molecule has 0 radical (unpaired) electrons. The molecule has 0 aliphatic rings. The Morgan fingerprint density at radius 1 is 1.19 bits per heavy atom. The number of unbranched alkanes of at least 4 members (excludes halogenated alkanes) is 1. The van der Waals surface area contributed by atoms with Gasteiger partial charge in [0.05, 0.1) is 5.52 Å². The van der Waals surface area contributed by atoms with E-state index in [0.29, 0.717) is 5.88 Å². The number of rotatable bonds is 2. The van der Waals surface area contributed by atoms with Crippen LogP contribution in [0.4, 0.5) is 0 Å². The van der Waals surface area contributed by atoms with Gasteiger partial charge in [0.1, 0.15) is 0 Å². The van der Waals surface area contributed by atoms with Crippen LogP contribution >= 0.6 is 11.6 Å². The molecule has 0 aliphatic carbocycles. The predicted molar refractivity (Wildman–Crippen MR) is 68.6 cm³/mol. The second-order valence-electron chi connectivity index (χ2n) is 3.47. The van der Waals surface area contributed by atoms with E-state index in [-0.39, 0.29) is 0 Å². The molecular weight excluding hydrogens is 218 g/mol. The SMILES string of the molecule is ClCCCC#Cc1cccc2ncccc12. The molecule has 0 amide bonds. The largest absolute Gasteiger partial charge is 0.256 e. The molecule has 0 fully saturated rings. The summed E-state index contributed by atoms with van der Waals surface area (Å²) in [6.07, 6.45) is 3.59. The minimum atomic E-state index is 0.672. The van der Waals surface area contributed by atoms with Crippen LogP contribution in [0.15, 0.2) is 36.5 Å². The van der Waals surface area contributed by atoms with Crippen molar-refractivity contribution in [1.82, 2.24) is 4.98 Å². The van der Waals surface area contributed by atoms with Crippen LogP contribution < -0.4 is 0 Å². The third-order valence-corrected chi connectivity index (χ3v) is 2.57. The third-order valence-electron chi connectivity index (χ3n) is 2.30. The van der Waals surface area contributed by atoms with E-state index in [1.807, 2.05) is 30.3 Å². The standard InChI is InChI=1S/C14H12ClN/c15-10-3-1-2-6-12-7-4-9-14-13(12)8-5-11-16-14/h4-5,7-9,11H,1,3,10H2. The number of aromatic nitrogens is 1. The molecular formula is C14H12ClN. The molecule has 2 aromatic rings. The van der Waals surface area contributed by atoms with Crippen LogP contribution in [0.1, 0.15) is 18.4 Å². The highest BCUT2D eigenvalue weighted by Gasteiger charge is 1.96. The summed E-state index contributed by atoms with van der Waals surface area (Å²) >= 11 is 5.60. The molecule has 0 saturated heterocycles.